The Labute approximate surface area is 99.6 Å². The predicted molar refractivity (Wildman–Crippen MR) is 63.6 cm³/mol. The molecular formula is C13H13NO3. The first-order valence-corrected chi connectivity index (χ1v) is 5.45. The van der Waals surface area contributed by atoms with Gasteiger partial charge in [-0.15, -0.1) is 0 Å². The number of esters is 1. The summed E-state index contributed by atoms with van der Waals surface area (Å²) in [5.74, 6) is -0.0816. The van der Waals surface area contributed by atoms with Crippen molar-refractivity contribution in [3.05, 3.63) is 47.7 Å². The molecule has 0 aliphatic carbocycles. The van der Waals surface area contributed by atoms with E-state index in [1.165, 1.54) is 0 Å². The quantitative estimate of drug-likeness (QED) is 0.452. The third-order valence-corrected chi connectivity index (χ3v) is 2.24. The van der Waals surface area contributed by atoms with Crippen LogP contribution in [0, 0.1) is 0 Å². The summed E-state index contributed by atoms with van der Waals surface area (Å²) >= 11 is 0. The molecule has 0 bridgehead atoms. The van der Waals surface area contributed by atoms with Gasteiger partial charge < -0.3 is 9.47 Å². The summed E-state index contributed by atoms with van der Waals surface area (Å²) in [6, 6.07) is 9.32. The van der Waals surface area contributed by atoms with Gasteiger partial charge in [-0.3, -0.25) is 0 Å². The van der Waals surface area contributed by atoms with Gasteiger partial charge in [-0.05, 0) is 25.1 Å². The predicted octanol–water partition coefficient (Wildman–Crippen LogP) is 1.91. The van der Waals surface area contributed by atoms with E-state index in [4.69, 9.17) is 9.47 Å². The molecule has 1 aromatic rings. The average molecular weight is 231 g/mol. The number of hydrogen-bond donors (Lipinski definition) is 0. The van der Waals surface area contributed by atoms with Crippen LogP contribution >= 0.6 is 0 Å². The van der Waals surface area contributed by atoms with Gasteiger partial charge in [-0.2, -0.15) is 0 Å². The minimum Gasteiger partial charge on any atom is -0.402 e. The lowest BCUT2D eigenvalue weighted by molar-refractivity contribution is -0.130. The normalized spacial score (nSPS) is 17.1. The van der Waals surface area contributed by atoms with Crippen LogP contribution in [-0.4, -0.2) is 25.1 Å². The zero-order valence-corrected chi connectivity index (χ0v) is 9.55. The van der Waals surface area contributed by atoms with Crippen LogP contribution < -0.4 is 0 Å². The highest BCUT2D eigenvalue weighted by molar-refractivity contribution is 6.11. The van der Waals surface area contributed by atoms with Crippen LogP contribution in [0.15, 0.2) is 47.1 Å². The van der Waals surface area contributed by atoms with Gasteiger partial charge in [-0.25, -0.2) is 9.79 Å². The molecule has 0 atom stereocenters. The minimum absolute atomic E-state index is 0.303. The highest BCUT2D eigenvalue weighted by Gasteiger charge is 2.23. The second-order valence-electron chi connectivity index (χ2n) is 3.42. The molecule has 4 heteroatoms. The Bertz CT molecular complexity index is 463. The lowest BCUT2D eigenvalue weighted by atomic mass is 10.2. The molecule has 17 heavy (non-hydrogen) atoms. The standard InChI is InChI=1S/C13H13NO3/c1-2-16-9-8-11-13(15)17-12(14-11)10-6-4-3-5-7-10/h3-8H,2,9H2,1H3. The van der Waals surface area contributed by atoms with E-state index in [1.807, 2.05) is 37.3 Å². The lowest BCUT2D eigenvalue weighted by Crippen LogP contribution is -2.05. The molecule has 0 saturated heterocycles. The van der Waals surface area contributed by atoms with Gasteiger partial charge in [0.05, 0.1) is 6.61 Å². The molecule has 1 aliphatic rings. The molecule has 0 spiro atoms. The van der Waals surface area contributed by atoms with Crippen molar-refractivity contribution in [3.8, 4) is 0 Å². The van der Waals surface area contributed by atoms with Crippen LogP contribution in [-0.2, 0) is 14.3 Å². The van der Waals surface area contributed by atoms with Crippen LogP contribution in [0.3, 0.4) is 0 Å². The summed E-state index contributed by atoms with van der Waals surface area (Å²) in [5, 5.41) is 0. The van der Waals surface area contributed by atoms with Crippen molar-refractivity contribution >= 4 is 11.9 Å². The molecule has 88 valence electrons. The Kier molecular flexibility index (Phi) is 3.67. The number of hydrogen-bond acceptors (Lipinski definition) is 4. The maximum atomic E-state index is 11.5. The van der Waals surface area contributed by atoms with Gasteiger partial charge in [0.1, 0.15) is 0 Å². The van der Waals surface area contributed by atoms with Gasteiger partial charge in [0.25, 0.3) is 0 Å². The Hall–Kier alpha value is -1.94. The van der Waals surface area contributed by atoms with Crippen LogP contribution in [0.1, 0.15) is 12.5 Å². The molecule has 0 amide bonds. The van der Waals surface area contributed by atoms with Crippen LogP contribution in [0.5, 0.6) is 0 Å². The van der Waals surface area contributed by atoms with Crippen molar-refractivity contribution in [1.82, 2.24) is 0 Å². The fourth-order valence-electron chi connectivity index (χ4n) is 1.41. The summed E-state index contributed by atoms with van der Waals surface area (Å²) in [5.41, 5.74) is 1.10. The number of ether oxygens (including phenoxy) is 2. The number of cyclic esters (lactones) is 1. The average Bonchev–Trinajstić information content (AvgIpc) is 2.73. The second-order valence-corrected chi connectivity index (χ2v) is 3.42. The lowest BCUT2D eigenvalue weighted by Gasteiger charge is -1.97. The van der Waals surface area contributed by atoms with E-state index in [9.17, 15) is 4.79 Å². The molecule has 0 fully saturated rings. The molecule has 4 nitrogen and oxygen atoms in total. The van der Waals surface area contributed by atoms with E-state index in [0.29, 0.717) is 24.8 Å². The van der Waals surface area contributed by atoms with Crippen LogP contribution in [0.4, 0.5) is 0 Å². The third kappa shape index (κ3) is 2.79. The summed E-state index contributed by atoms with van der Waals surface area (Å²) in [7, 11) is 0. The first-order chi connectivity index (χ1) is 8.31. The van der Waals surface area contributed by atoms with Crippen molar-refractivity contribution in [1.29, 1.82) is 0 Å². The fourth-order valence-corrected chi connectivity index (χ4v) is 1.41. The van der Waals surface area contributed by atoms with Crippen LogP contribution in [0.25, 0.3) is 0 Å². The molecule has 0 radical (unpaired) electrons. The first kappa shape index (κ1) is 11.5. The first-order valence-electron chi connectivity index (χ1n) is 5.45. The van der Waals surface area contributed by atoms with Crippen LogP contribution in [0.2, 0.25) is 0 Å². The number of rotatable bonds is 4. The third-order valence-electron chi connectivity index (χ3n) is 2.24. The van der Waals surface area contributed by atoms with E-state index in [0.717, 1.165) is 5.56 Å². The summed E-state index contributed by atoms with van der Waals surface area (Å²) < 4.78 is 10.2. The number of carbonyl (C=O) groups excluding carboxylic acids is 1. The van der Waals surface area contributed by atoms with Gasteiger partial charge in [-0.1, -0.05) is 18.2 Å². The molecule has 0 unspecified atom stereocenters. The summed E-state index contributed by atoms with van der Waals surface area (Å²) in [6.07, 6.45) is 1.63. The number of nitrogens with zero attached hydrogens (tertiary/aromatic N) is 1. The minimum atomic E-state index is -0.427. The molecule has 0 aromatic heterocycles. The van der Waals surface area contributed by atoms with Gasteiger partial charge in [0.15, 0.2) is 5.70 Å². The molecule has 0 N–H and O–H groups in total. The van der Waals surface area contributed by atoms with Gasteiger partial charge in [0, 0.05) is 12.2 Å². The van der Waals surface area contributed by atoms with Crippen molar-refractivity contribution in [3.63, 3.8) is 0 Å². The maximum Gasteiger partial charge on any atom is 0.363 e. The van der Waals surface area contributed by atoms with Gasteiger partial charge in [0.2, 0.25) is 5.90 Å². The summed E-state index contributed by atoms with van der Waals surface area (Å²) in [6.45, 7) is 2.87. The highest BCUT2D eigenvalue weighted by Crippen LogP contribution is 2.15. The molecular weight excluding hydrogens is 218 g/mol. The summed E-state index contributed by atoms with van der Waals surface area (Å²) in [4.78, 5) is 15.6. The maximum absolute atomic E-state index is 11.5. The molecule has 0 saturated carbocycles. The fraction of sp³-hybridized carbons (Fsp3) is 0.231. The Morgan fingerprint density at radius 1 is 1.35 bits per heavy atom. The zero-order chi connectivity index (χ0) is 12.1. The van der Waals surface area contributed by atoms with Crippen molar-refractivity contribution in [2.24, 2.45) is 4.99 Å². The van der Waals surface area contributed by atoms with E-state index >= 15 is 0 Å². The molecule has 1 heterocycles. The van der Waals surface area contributed by atoms with Crippen molar-refractivity contribution in [2.75, 3.05) is 13.2 Å². The van der Waals surface area contributed by atoms with E-state index in [-0.39, 0.29) is 0 Å². The Balaban J connectivity index is 2.14. The van der Waals surface area contributed by atoms with E-state index < -0.39 is 5.97 Å². The topological polar surface area (TPSA) is 47.9 Å². The zero-order valence-electron chi connectivity index (χ0n) is 9.55. The smallest absolute Gasteiger partial charge is 0.363 e. The molecule has 1 aliphatic heterocycles. The van der Waals surface area contributed by atoms with Crippen molar-refractivity contribution < 1.29 is 14.3 Å². The highest BCUT2D eigenvalue weighted by atomic mass is 16.6. The molecule has 1 aromatic carbocycles. The Morgan fingerprint density at radius 3 is 2.82 bits per heavy atom. The van der Waals surface area contributed by atoms with E-state index in [2.05, 4.69) is 4.99 Å². The largest absolute Gasteiger partial charge is 0.402 e. The van der Waals surface area contributed by atoms with Crippen molar-refractivity contribution in [2.45, 2.75) is 6.92 Å². The van der Waals surface area contributed by atoms with Gasteiger partial charge >= 0.3 is 5.97 Å². The number of benzene rings is 1. The second kappa shape index (κ2) is 5.41. The van der Waals surface area contributed by atoms with E-state index in [1.54, 1.807) is 6.08 Å². The number of aliphatic imine (C=N–C) groups is 1. The monoisotopic (exact) mass is 231 g/mol. The molecule has 2 rings (SSSR count). The SMILES string of the molecule is CCOCC=C1N=C(c2ccccc2)OC1=O. The number of carbonyl (C=O) groups is 1. The Morgan fingerprint density at radius 2 is 2.12 bits per heavy atom.